The number of nitrogens with one attached hydrogen (secondary N) is 2. The lowest BCUT2D eigenvalue weighted by atomic mass is 10.2. The van der Waals surface area contributed by atoms with Gasteiger partial charge in [-0.15, -0.1) is 0 Å². The monoisotopic (exact) mass is 346 g/mol. The molecular formula is C14H19FN2O5S. The van der Waals surface area contributed by atoms with Gasteiger partial charge in [-0.3, -0.25) is 4.79 Å². The van der Waals surface area contributed by atoms with E-state index >= 15 is 0 Å². The zero-order valence-electron chi connectivity index (χ0n) is 13.2. The molecule has 0 bridgehead atoms. The molecule has 0 radical (unpaired) electrons. The van der Waals surface area contributed by atoms with Crippen molar-refractivity contribution < 1.29 is 27.1 Å². The highest BCUT2D eigenvalue weighted by molar-refractivity contribution is 7.90. The fourth-order valence-electron chi connectivity index (χ4n) is 1.44. The first-order valence-corrected chi connectivity index (χ1v) is 8.21. The number of carbonyl (C=O) groups excluding carboxylic acids is 2. The maximum absolute atomic E-state index is 12.8. The van der Waals surface area contributed by atoms with E-state index in [0.29, 0.717) is 0 Å². The van der Waals surface area contributed by atoms with Gasteiger partial charge in [-0.2, -0.15) is 0 Å². The Kier molecular flexibility index (Phi) is 5.70. The van der Waals surface area contributed by atoms with E-state index in [4.69, 9.17) is 4.74 Å². The van der Waals surface area contributed by atoms with E-state index in [1.807, 2.05) is 0 Å². The van der Waals surface area contributed by atoms with E-state index in [1.54, 1.807) is 25.5 Å². The van der Waals surface area contributed by atoms with E-state index in [0.717, 1.165) is 24.3 Å². The van der Waals surface area contributed by atoms with Crippen LogP contribution in [0.4, 0.5) is 9.18 Å². The van der Waals surface area contributed by atoms with Gasteiger partial charge >= 0.3 is 6.09 Å². The number of sulfonamides is 1. The predicted octanol–water partition coefficient (Wildman–Crippen LogP) is 1.54. The van der Waals surface area contributed by atoms with Crippen LogP contribution in [0.3, 0.4) is 0 Å². The van der Waals surface area contributed by atoms with Crippen LogP contribution in [-0.4, -0.2) is 32.1 Å². The van der Waals surface area contributed by atoms with Crippen molar-refractivity contribution in [3.63, 3.8) is 0 Å². The summed E-state index contributed by atoms with van der Waals surface area (Å²) in [5, 5.41) is 2.22. The van der Waals surface area contributed by atoms with Gasteiger partial charge in [0.1, 0.15) is 17.5 Å². The van der Waals surface area contributed by atoms with Crippen molar-refractivity contribution in [2.24, 2.45) is 0 Å². The Morgan fingerprint density at radius 1 is 1.17 bits per heavy atom. The minimum absolute atomic E-state index is 0.267. The lowest BCUT2D eigenvalue weighted by Crippen LogP contribution is -2.47. The number of hydrogen-bond donors (Lipinski definition) is 2. The second-order valence-electron chi connectivity index (χ2n) is 5.79. The topological polar surface area (TPSA) is 102 Å². The minimum atomic E-state index is -4.15. The summed E-state index contributed by atoms with van der Waals surface area (Å²) in [6.45, 7) is 6.25. The van der Waals surface area contributed by atoms with Crippen LogP contribution in [0.15, 0.2) is 29.2 Å². The van der Waals surface area contributed by atoms with Gasteiger partial charge in [0.15, 0.2) is 0 Å². The highest BCUT2D eigenvalue weighted by Crippen LogP contribution is 2.10. The van der Waals surface area contributed by atoms with Crippen molar-refractivity contribution in [3.8, 4) is 0 Å². The van der Waals surface area contributed by atoms with E-state index in [2.05, 4.69) is 5.32 Å². The molecule has 0 aromatic heterocycles. The largest absolute Gasteiger partial charge is 0.444 e. The molecule has 2 amide bonds. The molecule has 0 aliphatic heterocycles. The predicted molar refractivity (Wildman–Crippen MR) is 80.6 cm³/mol. The van der Waals surface area contributed by atoms with Crippen LogP contribution in [-0.2, 0) is 19.6 Å². The van der Waals surface area contributed by atoms with Gasteiger partial charge in [0.05, 0.1) is 4.90 Å². The van der Waals surface area contributed by atoms with Crippen LogP contribution in [0.1, 0.15) is 27.7 Å². The highest BCUT2D eigenvalue weighted by atomic mass is 32.2. The molecule has 0 heterocycles. The molecule has 0 fully saturated rings. The quantitative estimate of drug-likeness (QED) is 0.861. The zero-order chi connectivity index (χ0) is 17.8. The van der Waals surface area contributed by atoms with Gasteiger partial charge in [-0.25, -0.2) is 22.3 Å². The number of ether oxygens (including phenoxy) is 1. The molecule has 23 heavy (non-hydrogen) atoms. The second kappa shape index (κ2) is 6.95. The average molecular weight is 346 g/mol. The Hall–Kier alpha value is -2.16. The standard InChI is InChI=1S/C14H19FN2O5S/c1-9(16-13(19)22-14(2,3)4)12(18)17-23(20,21)11-7-5-10(15)6-8-11/h5-9H,1-4H3,(H,16,19)(H,17,18)/t9-/m1/s1. The molecule has 2 N–H and O–H groups in total. The van der Waals surface area contributed by atoms with Crippen LogP contribution in [0.5, 0.6) is 0 Å². The Morgan fingerprint density at radius 2 is 1.70 bits per heavy atom. The molecule has 0 saturated heterocycles. The van der Waals surface area contributed by atoms with E-state index in [-0.39, 0.29) is 4.90 Å². The van der Waals surface area contributed by atoms with Crippen LogP contribution in [0.25, 0.3) is 0 Å². The van der Waals surface area contributed by atoms with Gasteiger partial charge in [0, 0.05) is 0 Å². The maximum atomic E-state index is 12.8. The fraction of sp³-hybridized carbons (Fsp3) is 0.429. The molecule has 1 atom stereocenters. The van der Waals surface area contributed by atoms with Crippen molar-refractivity contribution in [1.82, 2.24) is 10.0 Å². The number of halogens is 1. The summed E-state index contributed by atoms with van der Waals surface area (Å²) in [6.07, 6.45) is -0.848. The molecule has 0 aliphatic rings. The molecule has 7 nitrogen and oxygen atoms in total. The molecule has 0 aliphatic carbocycles. The molecule has 0 saturated carbocycles. The first kappa shape index (κ1) is 18.9. The normalized spacial score (nSPS) is 13.1. The zero-order valence-corrected chi connectivity index (χ0v) is 14.0. The Morgan fingerprint density at radius 3 is 2.17 bits per heavy atom. The van der Waals surface area contributed by atoms with Gasteiger partial charge in [0.25, 0.3) is 15.9 Å². The van der Waals surface area contributed by atoms with E-state index in [1.165, 1.54) is 6.92 Å². The number of amides is 2. The first-order chi connectivity index (χ1) is 10.4. The van der Waals surface area contributed by atoms with Gasteiger partial charge < -0.3 is 10.1 Å². The molecule has 9 heteroatoms. The lowest BCUT2D eigenvalue weighted by Gasteiger charge is -2.21. The SMILES string of the molecule is C[C@@H](NC(=O)OC(C)(C)C)C(=O)NS(=O)(=O)c1ccc(F)cc1. The van der Waals surface area contributed by atoms with Crippen molar-refractivity contribution >= 4 is 22.0 Å². The third-order valence-electron chi connectivity index (χ3n) is 2.49. The summed E-state index contributed by atoms with van der Waals surface area (Å²) in [7, 11) is -4.15. The highest BCUT2D eigenvalue weighted by Gasteiger charge is 2.25. The number of hydrogen-bond acceptors (Lipinski definition) is 5. The summed E-state index contributed by atoms with van der Waals surface area (Å²) >= 11 is 0. The van der Waals surface area contributed by atoms with Gasteiger partial charge in [-0.1, -0.05) is 0 Å². The molecule has 1 aromatic carbocycles. The fourth-order valence-corrected chi connectivity index (χ4v) is 2.50. The number of benzene rings is 1. The molecule has 0 unspecified atom stereocenters. The molecule has 128 valence electrons. The van der Waals surface area contributed by atoms with Crippen LogP contribution in [0.2, 0.25) is 0 Å². The third kappa shape index (κ3) is 6.23. The first-order valence-electron chi connectivity index (χ1n) is 6.72. The number of carbonyl (C=O) groups is 2. The minimum Gasteiger partial charge on any atom is -0.444 e. The third-order valence-corrected chi connectivity index (χ3v) is 3.85. The summed E-state index contributed by atoms with van der Waals surface area (Å²) in [6, 6.07) is 2.83. The van der Waals surface area contributed by atoms with Crippen molar-refractivity contribution in [2.45, 2.75) is 44.2 Å². The smallest absolute Gasteiger partial charge is 0.408 e. The van der Waals surface area contributed by atoms with Crippen molar-refractivity contribution in [3.05, 3.63) is 30.1 Å². The Balaban J connectivity index is 2.71. The van der Waals surface area contributed by atoms with Crippen LogP contribution >= 0.6 is 0 Å². The summed E-state index contributed by atoms with van der Waals surface area (Å²) in [5.41, 5.74) is -0.750. The Labute approximate surface area is 134 Å². The summed E-state index contributed by atoms with van der Waals surface area (Å²) in [4.78, 5) is 23.1. The number of alkyl carbamates (subject to hydrolysis) is 1. The summed E-state index contributed by atoms with van der Waals surface area (Å²) in [5.74, 6) is -1.55. The molecule has 1 aromatic rings. The van der Waals surface area contributed by atoms with Crippen LogP contribution < -0.4 is 10.0 Å². The molecular weight excluding hydrogens is 327 g/mol. The van der Waals surface area contributed by atoms with Crippen LogP contribution in [0, 0.1) is 5.82 Å². The number of rotatable bonds is 4. The van der Waals surface area contributed by atoms with Gasteiger partial charge in [0.2, 0.25) is 0 Å². The molecule has 1 rings (SSSR count). The van der Waals surface area contributed by atoms with Crippen molar-refractivity contribution in [1.29, 1.82) is 0 Å². The Bertz CT molecular complexity index is 680. The summed E-state index contributed by atoms with van der Waals surface area (Å²) < 4.78 is 43.5. The second-order valence-corrected chi connectivity index (χ2v) is 7.47. The molecule has 0 spiro atoms. The average Bonchev–Trinajstić information content (AvgIpc) is 2.36. The maximum Gasteiger partial charge on any atom is 0.408 e. The van der Waals surface area contributed by atoms with Crippen molar-refractivity contribution in [2.75, 3.05) is 0 Å². The van der Waals surface area contributed by atoms with E-state index < -0.39 is 39.5 Å². The lowest BCUT2D eigenvalue weighted by molar-refractivity contribution is -0.121. The van der Waals surface area contributed by atoms with Gasteiger partial charge in [-0.05, 0) is 52.0 Å². The van der Waals surface area contributed by atoms with E-state index in [9.17, 15) is 22.4 Å².